The maximum absolute atomic E-state index is 11.9. The molecule has 0 heterocycles. The molecule has 0 aromatic carbocycles. The number of nitrogens with two attached hydrogens (primary N) is 2. The average molecular weight is 571 g/mol. The number of thioether (sulfide) groups is 2. The highest BCUT2D eigenvalue weighted by Gasteiger charge is 2.43. The molecular formula is C16H30N2O12S4. The molecule has 14 nitrogen and oxygen atoms in total. The number of rotatable bonds is 16. The van der Waals surface area contributed by atoms with Gasteiger partial charge in [-0.1, -0.05) is 0 Å². The minimum Gasteiger partial charge on any atom is -0.481 e. The Morgan fingerprint density at radius 1 is 0.824 bits per heavy atom. The molecule has 4 atom stereocenters. The van der Waals surface area contributed by atoms with Gasteiger partial charge in [-0.3, -0.25) is 19.2 Å². The van der Waals surface area contributed by atoms with Gasteiger partial charge >= 0.3 is 23.9 Å². The van der Waals surface area contributed by atoms with Crippen molar-refractivity contribution in [2.45, 2.75) is 48.9 Å². The Labute approximate surface area is 205 Å². The highest BCUT2D eigenvalue weighted by atomic mass is 32.2. The molecule has 0 saturated carbocycles. The molecule has 0 aliphatic heterocycles. The molecular weight excluding hydrogens is 540 g/mol. The molecule has 34 heavy (non-hydrogen) atoms. The monoisotopic (exact) mass is 570 g/mol. The Kier molecular flexibility index (Phi) is 16.4. The van der Waals surface area contributed by atoms with Gasteiger partial charge in [0.2, 0.25) is 20.0 Å². The number of carboxylic acids is 4. The molecule has 4 unspecified atom stereocenters. The molecule has 0 aromatic heterocycles. The molecule has 18 heteroatoms. The van der Waals surface area contributed by atoms with E-state index in [1.165, 1.54) is 13.8 Å². The van der Waals surface area contributed by atoms with Crippen LogP contribution in [0.5, 0.6) is 0 Å². The second kappa shape index (κ2) is 16.1. The zero-order chi connectivity index (χ0) is 27.3. The van der Waals surface area contributed by atoms with Crippen LogP contribution in [-0.4, -0.2) is 94.1 Å². The summed E-state index contributed by atoms with van der Waals surface area (Å²) in [5, 5.41) is 42.1. The molecule has 0 bridgehead atoms. The number of aliphatic carboxylic acids is 4. The number of carbonyl (C=O) groups is 4. The first kappa shape index (κ1) is 34.6. The molecule has 0 fully saturated rings. The Balaban J connectivity index is 0. The lowest BCUT2D eigenvalue weighted by molar-refractivity contribution is -0.142. The Bertz CT molecular complexity index is 907. The van der Waals surface area contributed by atoms with Crippen LogP contribution >= 0.6 is 23.5 Å². The Hall–Kier alpha value is -1.60. The summed E-state index contributed by atoms with van der Waals surface area (Å²) in [6.45, 7) is 2.67. The van der Waals surface area contributed by atoms with Crippen molar-refractivity contribution < 1.29 is 56.4 Å². The summed E-state index contributed by atoms with van der Waals surface area (Å²) in [5.41, 5.74) is 0. The predicted octanol–water partition coefficient (Wildman–Crippen LogP) is -0.713. The second-order valence-electron chi connectivity index (χ2n) is 6.74. The van der Waals surface area contributed by atoms with E-state index >= 15 is 0 Å². The number of hydrogen-bond donors (Lipinski definition) is 6. The molecule has 0 saturated heterocycles. The quantitative estimate of drug-likeness (QED) is 0.134. The molecule has 0 aromatic rings. The molecule has 200 valence electrons. The van der Waals surface area contributed by atoms with Crippen LogP contribution < -0.4 is 10.3 Å². The van der Waals surface area contributed by atoms with E-state index in [4.69, 9.17) is 20.5 Å². The van der Waals surface area contributed by atoms with Crippen LogP contribution in [0.2, 0.25) is 0 Å². The van der Waals surface area contributed by atoms with Crippen LogP contribution in [0.4, 0.5) is 0 Å². The molecule has 8 N–H and O–H groups in total. The Morgan fingerprint density at radius 3 is 1.53 bits per heavy atom. The number of primary sulfonamides is 2. The Morgan fingerprint density at radius 2 is 1.24 bits per heavy atom. The van der Waals surface area contributed by atoms with Crippen LogP contribution in [0.15, 0.2) is 0 Å². The summed E-state index contributed by atoms with van der Waals surface area (Å²) < 4.78 is 43.2. The van der Waals surface area contributed by atoms with Gasteiger partial charge in [0.25, 0.3) is 0 Å². The second-order valence-corrected chi connectivity index (χ2v) is 13.2. The van der Waals surface area contributed by atoms with Gasteiger partial charge in [-0.05, 0) is 13.8 Å². The van der Waals surface area contributed by atoms with Gasteiger partial charge in [-0.25, -0.2) is 27.1 Å². The lowest BCUT2D eigenvalue weighted by atomic mass is 9.96. The largest absolute Gasteiger partial charge is 0.481 e. The van der Waals surface area contributed by atoms with E-state index in [2.05, 4.69) is 5.14 Å². The fraction of sp³-hybridized carbons (Fsp3) is 0.750. The van der Waals surface area contributed by atoms with E-state index in [-0.39, 0.29) is 30.1 Å². The van der Waals surface area contributed by atoms with Crippen LogP contribution in [-0.2, 0) is 39.2 Å². The van der Waals surface area contributed by atoms with E-state index in [0.29, 0.717) is 0 Å². The van der Waals surface area contributed by atoms with Crippen molar-refractivity contribution in [3.05, 3.63) is 0 Å². The summed E-state index contributed by atoms with van der Waals surface area (Å²) in [5.74, 6) is -6.81. The molecule has 0 amide bonds. The van der Waals surface area contributed by atoms with E-state index in [0.717, 1.165) is 23.5 Å². The SMILES string of the molecule is CC(C(SCCC(=O)O)C(C(=O)O)C(CC(=O)O)SCCC(=O)O)S(N)(=O)=O.CCS(N)(=O)=O. The first-order chi connectivity index (χ1) is 15.3. The van der Waals surface area contributed by atoms with Gasteiger partial charge in [0, 0.05) is 22.0 Å². The maximum atomic E-state index is 11.9. The van der Waals surface area contributed by atoms with Crippen LogP contribution in [0.25, 0.3) is 0 Å². The minimum atomic E-state index is -4.21. The van der Waals surface area contributed by atoms with E-state index < -0.39 is 72.0 Å². The van der Waals surface area contributed by atoms with Crippen LogP contribution in [0.3, 0.4) is 0 Å². The highest BCUT2D eigenvalue weighted by Crippen LogP contribution is 2.36. The lowest BCUT2D eigenvalue weighted by Crippen LogP contribution is -2.46. The van der Waals surface area contributed by atoms with Crippen LogP contribution in [0, 0.1) is 5.92 Å². The van der Waals surface area contributed by atoms with Crippen molar-refractivity contribution in [2.24, 2.45) is 16.2 Å². The van der Waals surface area contributed by atoms with Crippen molar-refractivity contribution in [1.29, 1.82) is 0 Å². The van der Waals surface area contributed by atoms with Crippen molar-refractivity contribution >= 4 is 67.4 Å². The molecule has 0 rings (SSSR count). The van der Waals surface area contributed by atoms with Gasteiger partial charge < -0.3 is 20.4 Å². The molecule has 0 radical (unpaired) electrons. The van der Waals surface area contributed by atoms with Crippen LogP contribution in [0.1, 0.15) is 33.1 Å². The summed E-state index contributed by atoms with van der Waals surface area (Å²) in [4.78, 5) is 44.5. The highest BCUT2D eigenvalue weighted by molar-refractivity contribution is 8.01. The zero-order valence-electron chi connectivity index (χ0n) is 18.4. The van der Waals surface area contributed by atoms with Gasteiger partial charge in [0.1, 0.15) is 0 Å². The smallest absolute Gasteiger partial charge is 0.308 e. The van der Waals surface area contributed by atoms with Crippen molar-refractivity contribution in [3.63, 3.8) is 0 Å². The topological polar surface area (TPSA) is 270 Å². The number of sulfonamides is 2. The first-order valence-corrected chi connectivity index (χ1v) is 14.9. The van der Waals surface area contributed by atoms with Crippen molar-refractivity contribution in [3.8, 4) is 0 Å². The summed E-state index contributed by atoms with van der Waals surface area (Å²) >= 11 is 1.58. The van der Waals surface area contributed by atoms with E-state index in [1.54, 1.807) is 0 Å². The molecule has 0 aliphatic carbocycles. The standard InChI is InChI=1S/C14H23NO10S3.C2H7NO2S/c1-7(28(15,24)25)13(27-5-3-10(18)19)12(14(22)23)8(6-11(20)21)26-4-2-9(16)17;1-2-6(3,4)5/h7-8,12-13H,2-6H2,1H3,(H,16,17)(H,18,19)(H,20,21)(H,22,23)(H2,15,24,25);2H2,1H3,(H2,3,4,5). The normalized spacial score (nSPS) is 15.2. The summed E-state index contributed by atoms with van der Waals surface area (Å²) in [6, 6.07) is 0. The maximum Gasteiger partial charge on any atom is 0.308 e. The fourth-order valence-electron chi connectivity index (χ4n) is 2.27. The van der Waals surface area contributed by atoms with Gasteiger partial charge in [0.15, 0.2) is 0 Å². The minimum absolute atomic E-state index is 0.0208. The summed E-state index contributed by atoms with van der Waals surface area (Å²) in [7, 11) is -7.37. The lowest BCUT2D eigenvalue weighted by Gasteiger charge is -2.32. The van der Waals surface area contributed by atoms with Gasteiger partial charge in [-0.15, -0.1) is 0 Å². The molecule has 0 spiro atoms. The fourth-order valence-corrected chi connectivity index (χ4v) is 6.31. The third kappa shape index (κ3) is 16.9. The van der Waals surface area contributed by atoms with Crippen molar-refractivity contribution in [1.82, 2.24) is 0 Å². The summed E-state index contributed by atoms with van der Waals surface area (Å²) in [6.07, 6.45) is -1.34. The number of hydrogen-bond acceptors (Lipinski definition) is 10. The third-order valence-corrected chi connectivity index (χ3v) is 9.23. The first-order valence-electron chi connectivity index (χ1n) is 9.46. The van der Waals surface area contributed by atoms with Gasteiger partial charge in [0.05, 0.1) is 36.2 Å². The zero-order valence-corrected chi connectivity index (χ0v) is 21.7. The average Bonchev–Trinajstić information content (AvgIpc) is 2.64. The third-order valence-electron chi connectivity index (χ3n) is 4.07. The van der Waals surface area contributed by atoms with E-state index in [9.17, 15) is 41.1 Å². The van der Waals surface area contributed by atoms with E-state index in [1.807, 2.05) is 0 Å². The number of carboxylic acid groups (broad SMARTS) is 4. The van der Waals surface area contributed by atoms with Gasteiger partial charge in [-0.2, -0.15) is 23.5 Å². The van der Waals surface area contributed by atoms with Crippen molar-refractivity contribution in [2.75, 3.05) is 17.3 Å². The predicted molar refractivity (Wildman–Crippen MR) is 127 cm³/mol. The molecule has 0 aliphatic rings.